The molecule has 1 aliphatic heterocycles. The van der Waals surface area contributed by atoms with Crippen LogP contribution in [0.25, 0.3) is 10.9 Å². The first-order valence-corrected chi connectivity index (χ1v) is 11.6. The van der Waals surface area contributed by atoms with E-state index in [4.69, 9.17) is 4.98 Å². The zero-order chi connectivity index (χ0) is 23.6. The van der Waals surface area contributed by atoms with Crippen molar-refractivity contribution in [1.29, 1.82) is 0 Å². The predicted octanol–water partition coefficient (Wildman–Crippen LogP) is 5.82. The zero-order valence-electron chi connectivity index (χ0n) is 19.0. The van der Waals surface area contributed by atoms with Gasteiger partial charge in [0.15, 0.2) is 0 Å². The van der Waals surface area contributed by atoms with E-state index in [2.05, 4.69) is 11.9 Å². The predicted molar refractivity (Wildman–Crippen MR) is 123 cm³/mol. The lowest BCUT2D eigenvalue weighted by molar-refractivity contribution is -0.153. The molecule has 33 heavy (non-hydrogen) atoms. The molecule has 0 saturated carbocycles. The van der Waals surface area contributed by atoms with Crippen molar-refractivity contribution in [3.63, 3.8) is 0 Å². The van der Waals surface area contributed by atoms with E-state index in [1.807, 2.05) is 25.1 Å². The fourth-order valence-corrected chi connectivity index (χ4v) is 4.72. The van der Waals surface area contributed by atoms with Crippen LogP contribution >= 0.6 is 0 Å². The second kappa shape index (κ2) is 9.53. The number of hydrogen-bond donors (Lipinski definition) is 0. The highest BCUT2D eigenvalue weighted by Gasteiger charge is 2.47. The Balaban J connectivity index is 1.82. The first-order valence-electron chi connectivity index (χ1n) is 11.6. The minimum atomic E-state index is -4.44. The van der Waals surface area contributed by atoms with Crippen molar-refractivity contribution in [2.75, 3.05) is 4.90 Å². The summed E-state index contributed by atoms with van der Waals surface area (Å²) in [5.74, 6) is 0.167. The molecule has 5 nitrogen and oxygen atoms in total. The van der Waals surface area contributed by atoms with E-state index in [1.165, 1.54) is 15.5 Å². The Morgan fingerprint density at radius 2 is 2.00 bits per heavy atom. The van der Waals surface area contributed by atoms with Gasteiger partial charge in [0.05, 0.1) is 11.2 Å². The summed E-state index contributed by atoms with van der Waals surface area (Å²) in [6, 6.07) is 8.89. The number of fused-ring (bicyclic) bond motifs is 2. The second-order valence-corrected chi connectivity index (χ2v) is 8.68. The maximum atomic E-state index is 14.1. The van der Waals surface area contributed by atoms with E-state index >= 15 is 0 Å². The summed E-state index contributed by atoms with van der Waals surface area (Å²) in [7, 11) is 0. The van der Waals surface area contributed by atoms with Gasteiger partial charge >= 0.3 is 6.18 Å². The number of nitrogens with zero attached hydrogens (tertiary/aromatic N) is 4. The molecule has 0 saturated heterocycles. The van der Waals surface area contributed by atoms with Crippen molar-refractivity contribution >= 4 is 16.9 Å². The number of aromatic nitrogens is 3. The van der Waals surface area contributed by atoms with Crippen LogP contribution in [0.15, 0.2) is 47.4 Å². The maximum absolute atomic E-state index is 14.1. The highest BCUT2D eigenvalue weighted by atomic mass is 19.4. The van der Waals surface area contributed by atoms with Gasteiger partial charge in [0, 0.05) is 36.7 Å². The molecule has 0 spiro atoms. The van der Waals surface area contributed by atoms with Crippen molar-refractivity contribution < 1.29 is 13.2 Å². The summed E-state index contributed by atoms with van der Waals surface area (Å²) >= 11 is 0. The maximum Gasteiger partial charge on any atom is 0.408 e. The monoisotopic (exact) mass is 458 g/mol. The summed E-state index contributed by atoms with van der Waals surface area (Å²) in [4.78, 5) is 23.2. The Bertz CT molecular complexity index is 1170. The summed E-state index contributed by atoms with van der Waals surface area (Å²) < 4.78 is 43.8. The number of rotatable bonds is 7. The average molecular weight is 459 g/mol. The average Bonchev–Trinajstić information content (AvgIpc) is 2.79. The first kappa shape index (κ1) is 23.3. The smallest absolute Gasteiger partial charge is 0.326 e. The van der Waals surface area contributed by atoms with Gasteiger partial charge in [0.25, 0.3) is 5.56 Å². The molecule has 0 amide bonds. The summed E-state index contributed by atoms with van der Waals surface area (Å²) in [5.41, 5.74) is 1.76. The molecule has 1 aliphatic rings. The van der Waals surface area contributed by atoms with Crippen LogP contribution in [0.2, 0.25) is 0 Å². The molecular weight excluding hydrogens is 429 g/mol. The Morgan fingerprint density at radius 3 is 2.73 bits per heavy atom. The number of benzene rings is 1. The van der Waals surface area contributed by atoms with E-state index in [1.54, 1.807) is 18.3 Å². The topological polar surface area (TPSA) is 51.0 Å². The number of halogens is 3. The van der Waals surface area contributed by atoms with Crippen LogP contribution in [0.1, 0.15) is 63.1 Å². The van der Waals surface area contributed by atoms with Gasteiger partial charge in [0.1, 0.15) is 6.04 Å². The quantitative estimate of drug-likeness (QED) is 0.448. The van der Waals surface area contributed by atoms with E-state index in [9.17, 15) is 18.0 Å². The third kappa shape index (κ3) is 4.75. The number of pyridine rings is 1. The van der Waals surface area contributed by atoms with Gasteiger partial charge in [-0.25, -0.2) is 4.98 Å². The van der Waals surface area contributed by atoms with Gasteiger partial charge < -0.3 is 4.90 Å². The number of anilines is 1. The fourth-order valence-electron chi connectivity index (χ4n) is 4.72. The van der Waals surface area contributed by atoms with Crippen LogP contribution in [0.4, 0.5) is 19.1 Å². The minimum absolute atomic E-state index is 0.00493. The number of unbranched alkanes of at least 4 members (excludes halogenated alkanes) is 1. The fraction of sp³-hybridized carbons (Fsp3) is 0.480. The molecule has 2 atom stereocenters. The summed E-state index contributed by atoms with van der Waals surface area (Å²) in [5, 5.41) is 0.797. The van der Waals surface area contributed by atoms with Gasteiger partial charge in [-0.15, -0.1) is 0 Å². The molecular formula is C25H29F3N4O. The van der Waals surface area contributed by atoms with Crippen molar-refractivity contribution in [2.45, 2.75) is 77.2 Å². The summed E-state index contributed by atoms with van der Waals surface area (Å²) in [6.07, 6.45) is 0.680. The molecule has 2 unspecified atom stereocenters. The van der Waals surface area contributed by atoms with Gasteiger partial charge in [-0.3, -0.25) is 14.3 Å². The van der Waals surface area contributed by atoms with Crippen LogP contribution in [0, 0.1) is 0 Å². The molecule has 4 rings (SSSR count). The molecule has 176 valence electrons. The van der Waals surface area contributed by atoms with Crippen molar-refractivity contribution in [1.82, 2.24) is 14.5 Å². The van der Waals surface area contributed by atoms with Crippen LogP contribution in [0.3, 0.4) is 0 Å². The third-order valence-electron chi connectivity index (χ3n) is 6.54. The highest BCUT2D eigenvalue weighted by Crippen LogP contribution is 2.36. The molecule has 0 N–H and O–H groups in total. The lowest BCUT2D eigenvalue weighted by Gasteiger charge is -2.39. The minimum Gasteiger partial charge on any atom is -0.326 e. The lowest BCUT2D eigenvalue weighted by atomic mass is 9.95. The molecule has 3 heterocycles. The molecule has 0 radical (unpaired) electrons. The third-order valence-corrected chi connectivity index (χ3v) is 6.54. The summed E-state index contributed by atoms with van der Waals surface area (Å²) in [6.45, 7) is 4.12. The molecule has 2 aromatic heterocycles. The largest absolute Gasteiger partial charge is 0.408 e. The van der Waals surface area contributed by atoms with Gasteiger partial charge in [-0.05, 0) is 37.0 Å². The van der Waals surface area contributed by atoms with Crippen LogP contribution in [-0.2, 0) is 13.1 Å². The van der Waals surface area contributed by atoms with Crippen LogP contribution in [0.5, 0.6) is 0 Å². The molecule has 0 aliphatic carbocycles. The van der Waals surface area contributed by atoms with E-state index < -0.39 is 12.2 Å². The van der Waals surface area contributed by atoms with Crippen molar-refractivity contribution in [3.05, 3.63) is 64.2 Å². The van der Waals surface area contributed by atoms with Gasteiger partial charge in [-0.1, -0.05) is 44.9 Å². The number of alkyl halides is 3. The molecule has 8 heteroatoms. The lowest BCUT2D eigenvalue weighted by Crippen LogP contribution is -2.52. The Hall–Kier alpha value is -2.90. The van der Waals surface area contributed by atoms with Crippen molar-refractivity contribution in [3.8, 4) is 0 Å². The van der Waals surface area contributed by atoms with Crippen molar-refractivity contribution in [2.24, 2.45) is 0 Å². The molecule has 0 bridgehead atoms. The number of hydrogen-bond acceptors (Lipinski definition) is 4. The SMILES string of the molecule is CCCCC(CC)c1cc(=O)n2c(n1)N(Cc1cccc3ncccc13)C(C(F)(F)F)CC2. The molecule has 0 fully saturated rings. The van der Waals surface area contributed by atoms with Crippen LogP contribution in [-0.4, -0.2) is 26.8 Å². The Morgan fingerprint density at radius 1 is 1.18 bits per heavy atom. The van der Waals surface area contributed by atoms with Gasteiger partial charge in [0.2, 0.25) is 5.95 Å². The van der Waals surface area contributed by atoms with Crippen LogP contribution < -0.4 is 10.5 Å². The normalized spacial score (nSPS) is 17.2. The van der Waals surface area contributed by atoms with E-state index in [-0.39, 0.29) is 36.9 Å². The van der Waals surface area contributed by atoms with E-state index in [0.29, 0.717) is 5.69 Å². The van der Waals surface area contributed by atoms with E-state index in [0.717, 1.165) is 42.1 Å². The Kier molecular flexibility index (Phi) is 6.72. The molecule has 3 aromatic rings. The standard InChI is InChI=1S/C25H29F3N4O/c1-3-5-8-17(4-2)21-15-23(33)31-14-12-22(25(26,27)28)32(24(31)30-21)16-18-9-6-11-20-19(18)10-7-13-29-20/h6-7,9-11,13,15,17,22H,3-5,8,12,14,16H2,1-2H3. The Labute approximate surface area is 191 Å². The first-order chi connectivity index (χ1) is 15.8. The zero-order valence-corrected chi connectivity index (χ0v) is 19.0. The highest BCUT2D eigenvalue weighted by molar-refractivity contribution is 5.82. The van der Waals surface area contributed by atoms with Gasteiger partial charge in [-0.2, -0.15) is 13.2 Å². The second-order valence-electron chi connectivity index (χ2n) is 8.68. The molecule has 1 aromatic carbocycles.